The minimum Gasteiger partial charge on any atom is -0.448 e. The topological polar surface area (TPSA) is 39.2 Å². The zero-order chi connectivity index (χ0) is 7.19. The third kappa shape index (κ3) is 0.842. The number of hydrogen-bond acceptors (Lipinski definition) is 2. The van der Waals surface area contributed by atoms with Gasteiger partial charge in [-0.1, -0.05) is 0 Å². The predicted molar refractivity (Wildman–Crippen MR) is 38.8 cm³/mol. The van der Waals surface area contributed by atoms with Gasteiger partial charge in [0.05, 0.1) is 5.54 Å². The maximum atomic E-state index is 5.83. The van der Waals surface area contributed by atoms with Crippen LogP contribution in [0.5, 0.6) is 0 Å². The lowest BCUT2D eigenvalue weighted by molar-refractivity contribution is 0.459. The molecule has 1 fully saturated rings. The average molecular weight is 158 g/mol. The second-order valence-corrected chi connectivity index (χ2v) is 3.13. The molecule has 0 amide bonds. The maximum Gasteiger partial charge on any atom is 0.193 e. The van der Waals surface area contributed by atoms with Crippen LogP contribution in [-0.4, -0.2) is 0 Å². The van der Waals surface area contributed by atoms with Crippen molar-refractivity contribution in [3.05, 3.63) is 23.1 Å². The molecule has 1 aromatic rings. The summed E-state index contributed by atoms with van der Waals surface area (Å²) < 4.78 is 5.15. The van der Waals surface area contributed by atoms with E-state index in [2.05, 4.69) is 0 Å². The Bertz CT molecular complexity index is 252. The molecule has 2 N–H and O–H groups in total. The van der Waals surface area contributed by atoms with Crippen molar-refractivity contribution in [1.82, 2.24) is 0 Å². The van der Waals surface area contributed by atoms with Gasteiger partial charge in [0.25, 0.3) is 0 Å². The molecule has 1 aliphatic rings. The van der Waals surface area contributed by atoms with Crippen LogP contribution in [0.15, 0.2) is 16.5 Å². The van der Waals surface area contributed by atoms with Gasteiger partial charge in [-0.15, -0.1) is 0 Å². The molecule has 2 nitrogen and oxygen atoms in total. The van der Waals surface area contributed by atoms with Gasteiger partial charge in [0, 0.05) is 0 Å². The number of hydrogen-bond donors (Lipinski definition) is 1. The first-order valence-electron chi connectivity index (χ1n) is 3.25. The first-order chi connectivity index (χ1) is 4.71. The summed E-state index contributed by atoms with van der Waals surface area (Å²) in [5, 5.41) is 0.423. The van der Waals surface area contributed by atoms with E-state index in [-0.39, 0.29) is 5.54 Å². The van der Waals surface area contributed by atoms with Gasteiger partial charge >= 0.3 is 0 Å². The van der Waals surface area contributed by atoms with Crippen LogP contribution in [0.4, 0.5) is 0 Å². The number of halogens is 1. The summed E-state index contributed by atoms with van der Waals surface area (Å²) >= 11 is 5.57. The molecule has 54 valence electrons. The highest BCUT2D eigenvalue weighted by molar-refractivity contribution is 6.28. The van der Waals surface area contributed by atoms with Crippen molar-refractivity contribution in [1.29, 1.82) is 0 Å². The Balaban J connectivity index is 2.34. The molecule has 2 rings (SSSR count). The van der Waals surface area contributed by atoms with Crippen molar-refractivity contribution in [3.8, 4) is 0 Å². The Hall–Kier alpha value is -0.470. The molecule has 0 radical (unpaired) electrons. The van der Waals surface area contributed by atoms with Crippen molar-refractivity contribution in [2.24, 2.45) is 5.73 Å². The molecule has 1 aliphatic carbocycles. The average Bonchev–Trinajstić information content (AvgIpc) is 2.45. The fraction of sp³-hybridized carbons (Fsp3) is 0.429. The predicted octanol–water partition coefficient (Wildman–Crippen LogP) is 1.88. The molecule has 0 atom stereocenters. The van der Waals surface area contributed by atoms with E-state index < -0.39 is 0 Å². The van der Waals surface area contributed by atoms with Gasteiger partial charge < -0.3 is 10.2 Å². The van der Waals surface area contributed by atoms with Crippen molar-refractivity contribution in [2.45, 2.75) is 18.4 Å². The van der Waals surface area contributed by atoms with E-state index in [9.17, 15) is 0 Å². The number of rotatable bonds is 1. The third-order valence-electron chi connectivity index (χ3n) is 1.85. The third-order valence-corrected chi connectivity index (χ3v) is 2.06. The first-order valence-corrected chi connectivity index (χ1v) is 3.63. The van der Waals surface area contributed by atoms with Gasteiger partial charge in [-0.2, -0.15) is 0 Å². The van der Waals surface area contributed by atoms with E-state index in [0.717, 1.165) is 18.6 Å². The lowest BCUT2D eigenvalue weighted by atomic mass is 10.2. The molecule has 0 unspecified atom stereocenters. The van der Waals surface area contributed by atoms with Crippen LogP contribution in [0.2, 0.25) is 5.22 Å². The summed E-state index contributed by atoms with van der Waals surface area (Å²) in [5.41, 5.74) is 5.64. The molecule has 1 saturated carbocycles. The van der Waals surface area contributed by atoms with Gasteiger partial charge in [-0.05, 0) is 36.6 Å². The number of nitrogens with two attached hydrogens (primary N) is 1. The highest BCUT2D eigenvalue weighted by atomic mass is 35.5. The van der Waals surface area contributed by atoms with Gasteiger partial charge in [0.2, 0.25) is 0 Å². The standard InChI is InChI=1S/C7H8ClNO/c8-6-2-1-5(10-6)7(9)3-4-7/h1-2H,3-4,9H2. The minimum absolute atomic E-state index is 0.187. The highest BCUT2D eigenvalue weighted by Crippen LogP contribution is 2.43. The highest BCUT2D eigenvalue weighted by Gasteiger charge is 2.42. The van der Waals surface area contributed by atoms with Gasteiger partial charge in [0.15, 0.2) is 5.22 Å². The van der Waals surface area contributed by atoms with E-state index in [4.69, 9.17) is 21.8 Å². The van der Waals surface area contributed by atoms with Crippen LogP contribution in [-0.2, 0) is 5.54 Å². The Morgan fingerprint density at radius 3 is 2.60 bits per heavy atom. The number of furan rings is 1. The molecule has 0 aromatic carbocycles. The summed E-state index contributed by atoms with van der Waals surface area (Å²) in [6, 6.07) is 3.57. The van der Waals surface area contributed by atoms with Crippen LogP contribution in [0, 0.1) is 0 Å². The molecule has 1 aromatic heterocycles. The lowest BCUT2D eigenvalue weighted by Gasteiger charge is -2.01. The second-order valence-electron chi connectivity index (χ2n) is 2.76. The Morgan fingerprint density at radius 1 is 1.50 bits per heavy atom. The van der Waals surface area contributed by atoms with Gasteiger partial charge in [0.1, 0.15) is 5.76 Å². The maximum absolute atomic E-state index is 5.83. The fourth-order valence-electron chi connectivity index (χ4n) is 0.963. The normalized spacial score (nSPS) is 21.0. The largest absolute Gasteiger partial charge is 0.448 e. The van der Waals surface area contributed by atoms with E-state index in [1.165, 1.54) is 0 Å². The minimum atomic E-state index is -0.187. The second kappa shape index (κ2) is 1.77. The van der Waals surface area contributed by atoms with Crippen LogP contribution < -0.4 is 5.73 Å². The summed E-state index contributed by atoms with van der Waals surface area (Å²) in [6.45, 7) is 0. The zero-order valence-corrected chi connectivity index (χ0v) is 6.19. The molecule has 0 bridgehead atoms. The van der Waals surface area contributed by atoms with Crippen LogP contribution in [0.1, 0.15) is 18.6 Å². The van der Waals surface area contributed by atoms with E-state index in [1.54, 1.807) is 6.07 Å². The van der Waals surface area contributed by atoms with E-state index in [0.29, 0.717) is 5.22 Å². The van der Waals surface area contributed by atoms with Crippen LogP contribution in [0.25, 0.3) is 0 Å². The monoisotopic (exact) mass is 157 g/mol. The Kier molecular flexibility index (Phi) is 1.11. The Morgan fingerprint density at radius 2 is 2.20 bits per heavy atom. The van der Waals surface area contributed by atoms with Crippen molar-refractivity contribution >= 4 is 11.6 Å². The summed E-state index contributed by atoms with van der Waals surface area (Å²) in [6.07, 6.45) is 2.02. The van der Waals surface area contributed by atoms with Crippen LogP contribution >= 0.6 is 11.6 Å². The quantitative estimate of drug-likeness (QED) is 0.676. The first kappa shape index (κ1) is 6.25. The van der Waals surface area contributed by atoms with E-state index >= 15 is 0 Å². The fourth-order valence-corrected chi connectivity index (χ4v) is 1.11. The van der Waals surface area contributed by atoms with Crippen molar-refractivity contribution in [3.63, 3.8) is 0 Å². The Labute approximate surface area is 64.0 Å². The summed E-state index contributed by atoms with van der Waals surface area (Å²) in [7, 11) is 0. The van der Waals surface area contributed by atoms with Crippen molar-refractivity contribution < 1.29 is 4.42 Å². The zero-order valence-electron chi connectivity index (χ0n) is 5.43. The molecule has 10 heavy (non-hydrogen) atoms. The molecular formula is C7H8ClNO. The summed E-state index contributed by atoms with van der Waals surface area (Å²) in [4.78, 5) is 0. The van der Waals surface area contributed by atoms with E-state index in [1.807, 2.05) is 6.07 Å². The molecule has 0 saturated heterocycles. The SMILES string of the molecule is NC1(c2ccc(Cl)o2)CC1. The summed E-state index contributed by atoms with van der Waals surface area (Å²) in [5.74, 6) is 0.817. The molecule has 0 spiro atoms. The molecule has 1 heterocycles. The van der Waals surface area contributed by atoms with Gasteiger partial charge in [-0.25, -0.2) is 0 Å². The van der Waals surface area contributed by atoms with Crippen molar-refractivity contribution in [2.75, 3.05) is 0 Å². The molecular weight excluding hydrogens is 150 g/mol. The smallest absolute Gasteiger partial charge is 0.193 e. The van der Waals surface area contributed by atoms with Crippen LogP contribution in [0.3, 0.4) is 0 Å². The lowest BCUT2D eigenvalue weighted by Crippen LogP contribution is -2.17. The van der Waals surface area contributed by atoms with Gasteiger partial charge in [-0.3, -0.25) is 0 Å². The molecule has 0 aliphatic heterocycles. The molecule has 3 heteroatoms.